The zero-order valence-electron chi connectivity index (χ0n) is 21.3. The number of hydrogen-bond donors (Lipinski definition) is 0. The number of nitrogens with zero attached hydrogens (tertiary/aromatic N) is 1. The van der Waals surface area contributed by atoms with E-state index in [1.165, 1.54) is 24.3 Å². The normalized spacial score (nSPS) is 13.9. The lowest BCUT2D eigenvalue weighted by Crippen LogP contribution is -2.15. The fourth-order valence-corrected chi connectivity index (χ4v) is 5.21. The Morgan fingerprint density at radius 3 is 2.31 bits per heavy atom. The molecule has 0 atom stereocenters. The van der Waals surface area contributed by atoms with Crippen LogP contribution < -0.4 is 0 Å². The van der Waals surface area contributed by atoms with E-state index >= 15 is 0 Å². The molecule has 0 bridgehead atoms. The molecule has 4 nitrogen and oxygen atoms in total. The third-order valence-electron chi connectivity index (χ3n) is 7.51. The highest BCUT2D eigenvalue weighted by atomic mass is 19.1. The highest BCUT2D eigenvalue weighted by molar-refractivity contribution is 6.12. The van der Waals surface area contributed by atoms with E-state index in [-0.39, 0.29) is 35.6 Å². The van der Waals surface area contributed by atoms with Crippen molar-refractivity contribution in [2.45, 2.75) is 38.0 Å². The van der Waals surface area contributed by atoms with Gasteiger partial charge >= 0.3 is 0 Å². The molecular weight excluding hydrogens is 496 g/mol. The molecule has 1 aliphatic rings. The van der Waals surface area contributed by atoms with Gasteiger partial charge in [-0.25, -0.2) is 8.78 Å². The van der Waals surface area contributed by atoms with E-state index in [4.69, 9.17) is 4.42 Å². The highest BCUT2D eigenvalue weighted by Crippen LogP contribution is 2.50. The molecule has 0 amide bonds. The van der Waals surface area contributed by atoms with Crippen LogP contribution in [-0.2, 0) is 5.41 Å². The molecule has 0 N–H and O–H groups in total. The maximum Gasteiger partial charge on any atom is 0.167 e. The van der Waals surface area contributed by atoms with Crippen molar-refractivity contribution in [2.24, 2.45) is 0 Å². The van der Waals surface area contributed by atoms with Gasteiger partial charge in [0, 0.05) is 46.7 Å². The molecule has 1 fully saturated rings. The Hall–Kier alpha value is -4.45. The van der Waals surface area contributed by atoms with Crippen LogP contribution >= 0.6 is 0 Å². The van der Waals surface area contributed by atoms with Gasteiger partial charge in [-0.05, 0) is 90.7 Å². The van der Waals surface area contributed by atoms with Crippen LogP contribution in [0.25, 0.3) is 33.4 Å². The minimum absolute atomic E-state index is 0.121. The minimum atomic E-state index is -0.511. The molecule has 1 aliphatic carbocycles. The largest absolute Gasteiger partial charge is 0.455 e. The Labute approximate surface area is 224 Å². The number of fused-ring (bicyclic) bond motifs is 1. The highest BCUT2D eigenvalue weighted by Gasteiger charge is 2.47. The van der Waals surface area contributed by atoms with Crippen molar-refractivity contribution < 1.29 is 22.8 Å². The molecule has 39 heavy (non-hydrogen) atoms. The molecule has 0 radical (unpaired) electrons. The van der Waals surface area contributed by atoms with E-state index in [0.717, 1.165) is 18.5 Å². The first kappa shape index (κ1) is 24.9. The van der Waals surface area contributed by atoms with Crippen LogP contribution in [0.1, 0.15) is 59.0 Å². The van der Waals surface area contributed by atoms with Crippen molar-refractivity contribution in [1.82, 2.24) is 4.98 Å². The molecule has 5 aromatic rings. The second-order valence-corrected chi connectivity index (χ2v) is 10.1. The number of Topliss-reactive ketones (excluding diaryl/α,β-unsaturated/α-hetero) is 2. The van der Waals surface area contributed by atoms with Crippen molar-refractivity contribution in [3.63, 3.8) is 0 Å². The summed E-state index contributed by atoms with van der Waals surface area (Å²) >= 11 is 0. The van der Waals surface area contributed by atoms with Gasteiger partial charge in [-0.3, -0.25) is 14.6 Å². The molecule has 6 rings (SSSR count). The fourth-order valence-electron chi connectivity index (χ4n) is 5.21. The molecule has 0 spiro atoms. The lowest BCUT2D eigenvalue weighted by atomic mass is 9.90. The van der Waals surface area contributed by atoms with Crippen LogP contribution in [0.4, 0.5) is 8.78 Å². The smallest absolute Gasteiger partial charge is 0.167 e. The van der Waals surface area contributed by atoms with Crippen molar-refractivity contribution in [2.75, 3.05) is 0 Å². The number of rotatable bonds is 8. The van der Waals surface area contributed by atoms with Crippen molar-refractivity contribution in [1.29, 1.82) is 0 Å². The van der Waals surface area contributed by atoms with Crippen LogP contribution in [0.5, 0.6) is 0 Å². The van der Waals surface area contributed by atoms with Crippen LogP contribution in [0, 0.1) is 11.6 Å². The number of hydrogen-bond acceptors (Lipinski definition) is 4. The van der Waals surface area contributed by atoms with Gasteiger partial charge in [0.25, 0.3) is 0 Å². The maximum atomic E-state index is 14.8. The van der Waals surface area contributed by atoms with Gasteiger partial charge in [0.05, 0.1) is 5.56 Å². The standard InChI is InChI=1S/C33H25F2NO3/c1-2-27(37)31-26-18-21(8-11-29(26)39-32(31)20-6-9-24(34)10-7-20)22-15-23(17-25(35)16-22)28(38)19-33(12-13-33)30-5-3-4-14-36-30/h3-11,14-18H,2,12-13,19H2,1H3. The van der Waals surface area contributed by atoms with Crippen molar-refractivity contribution >= 4 is 22.5 Å². The van der Waals surface area contributed by atoms with Gasteiger partial charge in [-0.15, -0.1) is 0 Å². The van der Waals surface area contributed by atoms with E-state index in [1.807, 2.05) is 18.2 Å². The lowest BCUT2D eigenvalue weighted by Gasteiger charge is -2.14. The predicted octanol–water partition coefficient (Wildman–Crippen LogP) is 8.34. The predicted molar refractivity (Wildman–Crippen MR) is 146 cm³/mol. The first-order chi connectivity index (χ1) is 18.9. The minimum Gasteiger partial charge on any atom is -0.455 e. The lowest BCUT2D eigenvalue weighted by molar-refractivity contribution is 0.0966. The SMILES string of the molecule is CCC(=O)c1c(-c2ccc(F)cc2)oc2ccc(-c3cc(F)cc(C(=O)CC4(c5ccccn5)CC4)c3)cc12. The second kappa shape index (κ2) is 9.70. The molecule has 2 heterocycles. The van der Waals surface area contributed by atoms with Gasteiger partial charge < -0.3 is 4.42 Å². The van der Waals surface area contributed by atoms with Crippen LogP contribution in [0.3, 0.4) is 0 Å². The summed E-state index contributed by atoms with van der Waals surface area (Å²) in [5, 5.41) is 0.586. The summed E-state index contributed by atoms with van der Waals surface area (Å²) in [6, 6.07) is 21.1. The van der Waals surface area contributed by atoms with E-state index in [2.05, 4.69) is 4.98 Å². The topological polar surface area (TPSA) is 60.2 Å². The maximum absolute atomic E-state index is 14.8. The van der Waals surface area contributed by atoms with Crippen LogP contribution in [0.15, 0.2) is 89.5 Å². The molecule has 0 unspecified atom stereocenters. The fraction of sp³-hybridized carbons (Fsp3) is 0.182. The molecule has 0 saturated heterocycles. The summed E-state index contributed by atoms with van der Waals surface area (Å²) < 4.78 is 34.4. The summed E-state index contributed by atoms with van der Waals surface area (Å²) in [6.45, 7) is 1.77. The number of benzene rings is 3. The van der Waals surface area contributed by atoms with E-state index in [0.29, 0.717) is 44.5 Å². The summed E-state index contributed by atoms with van der Waals surface area (Å²) in [6.07, 6.45) is 4.00. The van der Waals surface area contributed by atoms with Crippen molar-refractivity contribution in [3.8, 4) is 22.5 Å². The van der Waals surface area contributed by atoms with Gasteiger partial charge in [0.15, 0.2) is 11.6 Å². The first-order valence-electron chi connectivity index (χ1n) is 13.0. The Bertz CT molecular complexity index is 1720. The Morgan fingerprint density at radius 2 is 1.62 bits per heavy atom. The summed E-state index contributed by atoms with van der Waals surface area (Å²) in [5.41, 5.74) is 3.58. The number of furan rings is 1. The zero-order valence-corrected chi connectivity index (χ0v) is 21.3. The second-order valence-electron chi connectivity index (χ2n) is 10.1. The average molecular weight is 522 g/mol. The molecule has 0 aliphatic heterocycles. The first-order valence-corrected chi connectivity index (χ1v) is 13.0. The number of carbonyl (C=O) groups excluding carboxylic acids is 2. The summed E-state index contributed by atoms with van der Waals surface area (Å²) in [5.74, 6) is -0.783. The van der Waals surface area contributed by atoms with Crippen LogP contribution in [-0.4, -0.2) is 16.6 Å². The molecule has 3 aromatic carbocycles. The number of carbonyl (C=O) groups is 2. The quantitative estimate of drug-likeness (QED) is 0.193. The average Bonchev–Trinajstić information content (AvgIpc) is 3.64. The van der Waals surface area contributed by atoms with Crippen LogP contribution in [0.2, 0.25) is 0 Å². The van der Waals surface area contributed by atoms with Gasteiger partial charge in [0.2, 0.25) is 0 Å². The molecule has 2 aromatic heterocycles. The molecule has 6 heteroatoms. The third kappa shape index (κ3) is 4.67. The Morgan fingerprint density at radius 1 is 0.846 bits per heavy atom. The number of halogens is 2. The zero-order chi connectivity index (χ0) is 27.1. The summed E-state index contributed by atoms with van der Waals surface area (Å²) in [7, 11) is 0. The molecular formula is C33H25F2NO3. The molecule has 1 saturated carbocycles. The number of aromatic nitrogens is 1. The van der Waals surface area contributed by atoms with E-state index in [9.17, 15) is 18.4 Å². The van der Waals surface area contributed by atoms with Gasteiger partial charge in [-0.2, -0.15) is 0 Å². The van der Waals surface area contributed by atoms with Gasteiger partial charge in [-0.1, -0.05) is 19.1 Å². The Kier molecular flexibility index (Phi) is 6.18. The third-order valence-corrected chi connectivity index (χ3v) is 7.51. The molecule has 194 valence electrons. The van der Waals surface area contributed by atoms with Crippen molar-refractivity contribution in [3.05, 3.63) is 114 Å². The number of ketones is 2. The number of pyridine rings is 1. The van der Waals surface area contributed by atoms with E-state index < -0.39 is 5.82 Å². The van der Waals surface area contributed by atoms with Gasteiger partial charge in [0.1, 0.15) is 23.0 Å². The Balaban J connectivity index is 1.38. The summed E-state index contributed by atoms with van der Waals surface area (Å²) in [4.78, 5) is 30.8. The van der Waals surface area contributed by atoms with E-state index in [1.54, 1.807) is 49.5 Å². The monoisotopic (exact) mass is 521 g/mol.